The second-order valence-corrected chi connectivity index (χ2v) is 7.08. The van der Waals surface area contributed by atoms with Gasteiger partial charge in [-0.25, -0.2) is 19.0 Å². The van der Waals surface area contributed by atoms with Gasteiger partial charge in [-0.1, -0.05) is 48.5 Å². The van der Waals surface area contributed by atoms with Gasteiger partial charge in [0.2, 0.25) is 0 Å². The standard InChI is InChI=1S/C18H21FN2O5S/c1-25-17(13-7-3-2-4-8-13)18(22)26-16(11-12-21-27(20,23)24)14-9-5-6-10-15(14)19/h2-10,16-17,21H,11-12H2,1H3,(H2,20,23,24)/t16-,17+/m1/s1. The minimum Gasteiger partial charge on any atom is -0.455 e. The molecular weight excluding hydrogens is 375 g/mol. The largest absolute Gasteiger partial charge is 0.455 e. The first-order valence-electron chi connectivity index (χ1n) is 8.12. The number of carbonyl (C=O) groups is 1. The fraction of sp³-hybridized carbons (Fsp3) is 0.278. The minimum atomic E-state index is -3.91. The van der Waals surface area contributed by atoms with Gasteiger partial charge in [-0.2, -0.15) is 8.42 Å². The van der Waals surface area contributed by atoms with Crippen molar-refractivity contribution in [2.75, 3.05) is 13.7 Å². The fourth-order valence-corrected chi connectivity index (χ4v) is 2.95. The van der Waals surface area contributed by atoms with Crippen molar-refractivity contribution in [3.63, 3.8) is 0 Å². The van der Waals surface area contributed by atoms with Crippen LogP contribution in [-0.2, 0) is 24.5 Å². The van der Waals surface area contributed by atoms with Crippen molar-refractivity contribution in [3.8, 4) is 0 Å². The zero-order valence-corrected chi connectivity index (χ0v) is 15.5. The number of halogens is 1. The highest BCUT2D eigenvalue weighted by atomic mass is 32.2. The molecule has 0 fully saturated rings. The molecule has 2 aromatic carbocycles. The van der Waals surface area contributed by atoms with Crippen LogP contribution in [0.1, 0.15) is 29.8 Å². The fourth-order valence-electron chi connectivity index (χ4n) is 2.54. The molecule has 0 saturated carbocycles. The zero-order valence-electron chi connectivity index (χ0n) is 14.7. The van der Waals surface area contributed by atoms with Crippen LogP contribution >= 0.6 is 0 Å². The molecule has 7 nitrogen and oxygen atoms in total. The lowest BCUT2D eigenvalue weighted by Gasteiger charge is -2.22. The molecule has 3 N–H and O–H groups in total. The van der Waals surface area contributed by atoms with Gasteiger partial charge in [-0.3, -0.25) is 0 Å². The SMILES string of the molecule is CO[C@H](C(=O)O[C@H](CCNS(N)(=O)=O)c1ccccc1F)c1ccccc1. The maximum Gasteiger partial charge on any atom is 0.340 e. The van der Waals surface area contributed by atoms with Gasteiger partial charge in [0.05, 0.1) is 0 Å². The summed E-state index contributed by atoms with van der Waals surface area (Å²) >= 11 is 0. The lowest BCUT2D eigenvalue weighted by molar-refractivity contribution is -0.162. The summed E-state index contributed by atoms with van der Waals surface area (Å²) in [5, 5.41) is 4.90. The van der Waals surface area contributed by atoms with Crippen molar-refractivity contribution in [2.45, 2.75) is 18.6 Å². The number of nitrogens with two attached hydrogens (primary N) is 1. The van der Waals surface area contributed by atoms with Gasteiger partial charge in [0.1, 0.15) is 11.9 Å². The summed E-state index contributed by atoms with van der Waals surface area (Å²) < 4.78 is 49.0. The Labute approximate surface area is 157 Å². The van der Waals surface area contributed by atoms with E-state index < -0.39 is 34.2 Å². The van der Waals surface area contributed by atoms with Crippen molar-refractivity contribution < 1.29 is 27.1 Å². The third-order valence-corrected chi connectivity index (χ3v) is 4.38. The Balaban J connectivity index is 2.19. The Morgan fingerprint density at radius 1 is 1.15 bits per heavy atom. The quantitative estimate of drug-likeness (QED) is 0.630. The van der Waals surface area contributed by atoms with Crippen molar-refractivity contribution >= 4 is 16.2 Å². The van der Waals surface area contributed by atoms with Gasteiger partial charge in [-0.05, 0) is 11.6 Å². The van der Waals surface area contributed by atoms with E-state index >= 15 is 0 Å². The van der Waals surface area contributed by atoms with Gasteiger partial charge in [-0.15, -0.1) is 0 Å². The molecule has 0 radical (unpaired) electrons. The zero-order chi connectivity index (χ0) is 19.9. The van der Waals surface area contributed by atoms with Crippen molar-refractivity contribution in [3.05, 3.63) is 71.5 Å². The first kappa shape index (κ1) is 21.0. The molecule has 27 heavy (non-hydrogen) atoms. The number of nitrogens with one attached hydrogen (secondary N) is 1. The number of carbonyl (C=O) groups excluding carboxylic acids is 1. The molecule has 0 aliphatic rings. The summed E-state index contributed by atoms with van der Waals surface area (Å²) in [7, 11) is -2.55. The van der Waals surface area contributed by atoms with E-state index in [-0.39, 0.29) is 18.5 Å². The molecule has 146 valence electrons. The van der Waals surface area contributed by atoms with Gasteiger partial charge in [0.25, 0.3) is 10.2 Å². The smallest absolute Gasteiger partial charge is 0.340 e. The predicted octanol–water partition coefficient (Wildman–Crippen LogP) is 1.98. The second kappa shape index (κ2) is 9.56. The Kier molecular flexibility index (Phi) is 7.43. The van der Waals surface area contributed by atoms with E-state index in [2.05, 4.69) is 4.72 Å². The van der Waals surface area contributed by atoms with E-state index in [4.69, 9.17) is 14.6 Å². The van der Waals surface area contributed by atoms with Crippen LogP contribution in [0.4, 0.5) is 4.39 Å². The number of hydrogen-bond acceptors (Lipinski definition) is 5. The van der Waals surface area contributed by atoms with Crippen LogP contribution in [0.2, 0.25) is 0 Å². The molecule has 0 bridgehead atoms. The monoisotopic (exact) mass is 396 g/mol. The Morgan fingerprint density at radius 2 is 1.78 bits per heavy atom. The highest BCUT2D eigenvalue weighted by Crippen LogP contribution is 2.27. The van der Waals surface area contributed by atoms with E-state index in [0.717, 1.165) is 0 Å². The normalized spacial score (nSPS) is 13.7. The molecule has 0 aromatic heterocycles. The summed E-state index contributed by atoms with van der Waals surface area (Å²) in [6.45, 7) is -0.131. The van der Waals surface area contributed by atoms with E-state index in [0.29, 0.717) is 5.56 Å². The maximum atomic E-state index is 14.2. The Bertz CT molecular complexity index is 861. The third-order valence-electron chi connectivity index (χ3n) is 3.77. The lowest BCUT2D eigenvalue weighted by Crippen LogP contribution is -2.33. The van der Waals surface area contributed by atoms with Crippen molar-refractivity contribution in [1.29, 1.82) is 0 Å². The van der Waals surface area contributed by atoms with Crippen LogP contribution in [0.25, 0.3) is 0 Å². The topological polar surface area (TPSA) is 108 Å². The summed E-state index contributed by atoms with van der Waals surface area (Å²) in [6, 6.07) is 14.5. The van der Waals surface area contributed by atoms with E-state index in [1.165, 1.54) is 25.3 Å². The molecule has 2 rings (SSSR count). The molecule has 0 saturated heterocycles. The first-order chi connectivity index (χ1) is 12.8. The van der Waals surface area contributed by atoms with Crippen LogP contribution in [0, 0.1) is 5.82 Å². The molecule has 0 aliphatic heterocycles. The van der Waals surface area contributed by atoms with Crippen LogP contribution in [0.15, 0.2) is 54.6 Å². The highest BCUT2D eigenvalue weighted by Gasteiger charge is 2.27. The van der Waals surface area contributed by atoms with Gasteiger partial charge < -0.3 is 9.47 Å². The lowest BCUT2D eigenvalue weighted by atomic mass is 10.1. The Hall–Kier alpha value is -2.33. The highest BCUT2D eigenvalue weighted by molar-refractivity contribution is 7.87. The molecule has 0 spiro atoms. The average molecular weight is 396 g/mol. The van der Waals surface area contributed by atoms with Crippen LogP contribution < -0.4 is 9.86 Å². The number of hydrogen-bond donors (Lipinski definition) is 2. The van der Waals surface area contributed by atoms with E-state index in [1.807, 2.05) is 0 Å². The van der Waals surface area contributed by atoms with Crippen LogP contribution in [0.3, 0.4) is 0 Å². The Morgan fingerprint density at radius 3 is 2.37 bits per heavy atom. The number of rotatable bonds is 9. The van der Waals surface area contributed by atoms with Gasteiger partial charge in [0.15, 0.2) is 6.10 Å². The summed E-state index contributed by atoms with van der Waals surface area (Å²) in [5.74, 6) is -1.29. The second-order valence-electron chi connectivity index (χ2n) is 5.70. The first-order valence-corrected chi connectivity index (χ1v) is 9.66. The molecule has 2 aromatic rings. The maximum absolute atomic E-state index is 14.2. The van der Waals surface area contributed by atoms with E-state index in [9.17, 15) is 17.6 Å². The van der Waals surface area contributed by atoms with Crippen LogP contribution in [-0.4, -0.2) is 28.0 Å². The molecule has 0 heterocycles. The average Bonchev–Trinajstić information content (AvgIpc) is 2.62. The number of benzene rings is 2. The predicted molar refractivity (Wildman–Crippen MR) is 97.2 cm³/mol. The summed E-state index contributed by atoms with van der Waals surface area (Å²) in [5.41, 5.74) is 0.713. The van der Waals surface area contributed by atoms with Crippen LogP contribution in [0.5, 0.6) is 0 Å². The molecule has 9 heteroatoms. The summed E-state index contributed by atoms with van der Waals surface area (Å²) in [4.78, 5) is 12.6. The van der Waals surface area contributed by atoms with Crippen molar-refractivity contribution in [1.82, 2.24) is 4.72 Å². The molecular formula is C18H21FN2O5S. The van der Waals surface area contributed by atoms with Crippen molar-refractivity contribution in [2.24, 2.45) is 5.14 Å². The van der Waals surface area contributed by atoms with E-state index in [1.54, 1.807) is 36.4 Å². The molecule has 2 atom stereocenters. The van der Waals surface area contributed by atoms with Gasteiger partial charge in [0, 0.05) is 25.6 Å². The minimum absolute atomic E-state index is 0.00563. The molecule has 0 aliphatic carbocycles. The number of esters is 1. The third kappa shape index (κ3) is 6.40. The van der Waals surface area contributed by atoms with Gasteiger partial charge >= 0.3 is 5.97 Å². The number of methoxy groups -OCH3 is 1. The summed E-state index contributed by atoms with van der Waals surface area (Å²) in [6.07, 6.45) is -2.02. The molecule has 0 amide bonds. The molecule has 0 unspecified atom stereocenters. The number of ether oxygens (including phenoxy) is 2.